The Kier molecular flexibility index (Phi) is 5.56. The van der Waals surface area contributed by atoms with E-state index in [1.165, 1.54) is 4.90 Å². The maximum Gasteiger partial charge on any atom is 0.410 e. The molecule has 1 fully saturated rings. The normalized spacial score (nSPS) is 16.4. The number of likely N-dealkylation sites (tertiary alicyclic amines) is 1. The third-order valence-electron chi connectivity index (χ3n) is 4.65. The fourth-order valence-corrected chi connectivity index (χ4v) is 3.15. The van der Waals surface area contributed by atoms with Crippen molar-refractivity contribution in [3.63, 3.8) is 0 Å². The Balaban J connectivity index is 1.62. The number of amides is 2. The van der Waals surface area contributed by atoms with Crippen LogP contribution in [0.2, 0.25) is 0 Å². The smallest absolute Gasteiger partial charge is 0.410 e. The molecule has 0 aliphatic carbocycles. The second-order valence-corrected chi connectivity index (χ2v) is 6.70. The number of aryl methyl sites for hydroxylation is 2. The molecule has 0 saturated carbocycles. The van der Waals surface area contributed by atoms with Gasteiger partial charge in [-0.3, -0.25) is 9.69 Å². The van der Waals surface area contributed by atoms with Gasteiger partial charge in [-0.2, -0.15) is 0 Å². The molecule has 1 heterocycles. The summed E-state index contributed by atoms with van der Waals surface area (Å²) in [6.07, 6.45) is 1.01. The molecule has 5 nitrogen and oxygen atoms in total. The zero-order chi connectivity index (χ0) is 18.5. The van der Waals surface area contributed by atoms with Crippen molar-refractivity contribution in [2.24, 2.45) is 0 Å². The molecule has 0 unspecified atom stereocenters. The molecule has 5 heteroatoms. The van der Waals surface area contributed by atoms with E-state index in [4.69, 9.17) is 4.74 Å². The summed E-state index contributed by atoms with van der Waals surface area (Å²) in [5.74, 6) is -0.159. The van der Waals surface area contributed by atoms with Crippen LogP contribution in [0.4, 0.5) is 10.5 Å². The van der Waals surface area contributed by atoms with E-state index in [1.807, 2.05) is 62.4 Å². The van der Waals surface area contributed by atoms with Gasteiger partial charge in [0.25, 0.3) is 0 Å². The van der Waals surface area contributed by atoms with Gasteiger partial charge >= 0.3 is 6.09 Å². The molecule has 1 aliphatic heterocycles. The maximum atomic E-state index is 12.7. The number of benzene rings is 2. The zero-order valence-corrected chi connectivity index (χ0v) is 15.2. The third-order valence-corrected chi connectivity index (χ3v) is 4.65. The van der Waals surface area contributed by atoms with Crippen LogP contribution in [0.25, 0.3) is 0 Å². The first kappa shape index (κ1) is 18.0. The van der Waals surface area contributed by atoms with E-state index in [-0.39, 0.29) is 12.5 Å². The lowest BCUT2D eigenvalue weighted by Crippen LogP contribution is -2.43. The Morgan fingerprint density at radius 2 is 1.92 bits per heavy atom. The minimum absolute atomic E-state index is 0.159. The van der Waals surface area contributed by atoms with Crippen LogP contribution in [-0.4, -0.2) is 29.5 Å². The van der Waals surface area contributed by atoms with Gasteiger partial charge in [0.1, 0.15) is 12.6 Å². The molecule has 2 amide bonds. The van der Waals surface area contributed by atoms with E-state index in [9.17, 15) is 9.59 Å². The zero-order valence-electron chi connectivity index (χ0n) is 15.2. The molecule has 0 radical (unpaired) electrons. The van der Waals surface area contributed by atoms with Gasteiger partial charge in [-0.05, 0) is 49.4 Å². The summed E-state index contributed by atoms with van der Waals surface area (Å²) < 4.78 is 5.39. The second-order valence-electron chi connectivity index (χ2n) is 6.70. The molecule has 3 rings (SSSR count). The van der Waals surface area contributed by atoms with Gasteiger partial charge in [0.2, 0.25) is 5.91 Å². The lowest BCUT2D eigenvalue weighted by Gasteiger charge is -2.23. The number of carbonyl (C=O) groups excluding carboxylic acids is 2. The molecule has 26 heavy (non-hydrogen) atoms. The van der Waals surface area contributed by atoms with Crippen LogP contribution in [0.3, 0.4) is 0 Å². The average Bonchev–Trinajstić information content (AvgIpc) is 3.13. The van der Waals surface area contributed by atoms with Gasteiger partial charge in [0, 0.05) is 12.2 Å². The first-order valence-corrected chi connectivity index (χ1v) is 8.90. The number of nitrogens with one attached hydrogen (secondary N) is 1. The van der Waals surface area contributed by atoms with Gasteiger partial charge in [0.05, 0.1) is 0 Å². The molecular weight excluding hydrogens is 328 g/mol. The summed E-state index contributed by atoms with van der Waals surface area (Å²) in [5, 5.41) is 2.96. The van der Waals surface area contributed by atoms with Crippen molar-refractivity contribution in [3.05, 3.63) is 65.2 Å². The SMILES string of the molecule is Cc1ccc(C)c(NC(=O)[C@@H]2CCCN2C(=O)OCc2ccccc2)c1. The van der Waals surface area contributed by atoms with Crippen molar-refractivity contribution >= 4 is 17.7 Å². The van der Waals surface area contributed by atoms with Crippen molar-refractivity contribution < 1.29 is 14.3 Å². The van der Waals surface area contributed by atoms with Crippen molar-refractivity contribution in [2.45, 2.75) is 39.3 Å². The van der Waals surface area contributed by atoms with Crippen LogP contribution in [0.5, 0.6) is 0 Å². The van der Waals surface area contributed by atoms with Crippen LogP contribution in [0.1, 0.15) is 29.5 Å². The topological polar surface area (TPSA) is 58.6 Å². The Bertz CT molecular complexity index is 789. The van der Waals surface area contributed by atoms with Gasteiger partial charge in [-0.25, -0.2) is 4.79 Å². The number of rotatable bonds is 4. The van der Waals surface area contributed by atoms with E-state index in [2.05, 4.69) is 5.32 Å². The monoisotopic (exact) mass is 352 g/mol. The number of hydrogen-bond acceptors (Lipinski definition) is 3. The van der Waals surface area contributed by atoms with E-state index < -0.39 is 12.1 Å². The van der Waals surface area contributed by atoms with E-state index in [0.717, 1.165) is 28.8 Å². The summed E-state index contributed by atoms with van der Waals surface area (Å²) in [6, 6.07) is 15.0. The number of anilines is 1. The predicted octanol–water partition coefficient (Wildman–Crippen LogP) is 4.04. The van der Waals surface area contributed by atoms with Gasteiger partial charge in [0.15, 0.2) is 0 Å². The summed E-state index contributed by atoms with van der Waals surface area (Å²) >= 11 is 0. The molecule has 2 aromatic carbocycles. The van der Waals surface area contributed by atoms with Crippen molar-refractivity contribution in [1.29, 1.82) is 0 Å². The quantitative estimate of drug-likeness (QED) is 0.903. The molecule has 0 aromatic heterocycles. The van der Waals surface area contributed by atoms with Crippen molar-refractivity contribution in [2.75, 3.05) is 11.9 Å². The number of nitrogens with zero attached hydrogens (tertiary/aromatic N) is 1. The molecule has 0 spiro atoms. The standard InChI is InChI=1S/C21H24N2O3/c1-15-10-11-16(2)18(13-15)22-20(24)19-9-6-12-23(19)21(25)26-14-17-7-4-3-5-8-17/h3-5,7-8,10-11,13,19H,6,9,12,14H2,1-2H3,(H,22,24)/t19-/m0/s1. The molecule has 1 N–H and O–H groups in total. The van der Waals surface area contributed by atoms with Gasteiger partial charge < -0.3 is 10.1 Å². The molecule has 0 bridgehead atoms. The molecule has 2 aromatic rings. The minimum Gasteiger partial charge on any atom is -0.445 e. The van der Waals surface area contributed by atoms with Crippen LogP contribution in [0.15, 0.2) is 48.5 Å². The fourth-order valence-electron chi connectivity index (χ4n) is 3.15. The molecule has 136 valence electrons. The number of carbonyl (C=O) groups is 2. The second kappa shape index (κ2) is 8.04. The van der Waals surface area contributed by atoms with E-state index in [1.54, 1.807) is 0 Å². The Morgan fingerprint density at radius 1 is 1.15 bits per heavy atom. The Hall–Kier alpha value is -2.82. The Labute approximate surface area is 154 Å². The molecule has 1 aliphatic rings. The summed E-state index contributed by atoms with van der Waals surface area (Å²) in [4.78, 5) is 26.7. The number of hydrogen-bond donors (Lipinski definition) is 1. The van der Waals surface area contributed by atoms with Crippen LogP contribution in [-0.2, 0) is 16.1 Å². The highest BCUT2D eigenvalue weighted by Gasteiger charge is 2.35. The highest BCUT2D eigenvalue weighted by Crippen LogP contribution is 2.22. The highest BCUT2D eigenvalue weighted by molar-refractivity contribution is 5.97. The van der Waals surface area contributed by atoms with E-state index >= 15 is 0 Å². The maximum absolute atomic E-state index is 12.7. The summed E-state index contributed by atoms with van der Waals surface area (Å²) in [5.41, 5.74) is 3.80. The first-order valence-electron chi connectivity index (χ1n) is 8.90. The third kappa shape index (κ3) is 4.23. The highest BCUT2D eigenvalue weighted by atomic mass is 16.6. The lowest BCUT2D eigenvalue weighted by molar-refractivity contribution is -0.120. The van der Waals surface area contributed by atoms with Crippen LogP contribution >= 0.6 is 0 Å². The lowest BCUT2D eigenvalue weighted by atomic mass is 10.1. The largest absolute Gasteiger partial charge is 0.445 e. The minimum atomic E-state index is -0.488. The molecule has 1 atom stereocenters. The molecular formula is C21H24N2O3. The number of ether oxygens (including phenoxy) is 1. The Morgan fingerprint density at radius 3 is 2.69 bits per heavy atom. The average molecular weight is 352 g/mol. The van der Waals surface area contributed by atoms with Crippen LogP contribution in [0, 0.1) is 13.8 Å². The summed E-state index contributed by atoms with van der Waals surface area (Å²) in [6.45, 7) is 4.69. The fraction of sp³-hybridized carbons (Fsp3) is 0.333. The van der Waals surface area contributed by atoms with E-state index in [0.29, 0.717) is 13.0 Å². The molecule has 1 saturated heterocycles. The van der Waals surface area contributed by atoms with Crippen molar-refractivity contribution in [3.8, 4) is 0 Å². The van der Waals surface area contributed by atoms with Crippen LogP contribution < -0.4 is 5.32 Å². The van der Waals surface area contributed by atoms with Gasteiger partial charge in [-0.1, -0.05) is 42.5 Å². The predicted molar refractivity (Wildman–Crippen MR) is 101 cm³/mol. The van der Waals surface area contributed by atoms with Crippen molar-refractivity contribution in [1.82, 2.24) is 4.90 Å². The summed E-state index contributed by atoms with van der Waals surface area (Å²) in [7, 11) is 0. The van der Waals surface area contributed by atoms with Gasteiger partial charge in [-0.15, -0.1) is 0 Å². The first-order chi connectivity index (χ1) is 12.5.